The Kier molecular flexibility index (Phi) is 7.02. The molecule has 0 aliphatic carbocycles. The quantitative estimate of drug-likeness (QED) is 0.571. The summed E-state index contributed by atoms with van der Waals surface area (Å²) < 4.78 is 11.2. The predicted molar refractivity (Wildman–Crippen MR) is 124 cm³/mol. The van der Waals surface area contributed by atoms with Crippen LogP contribution in [0, 0.1) is 0 Å². The van der Waals surface area contributed by atoms with Crippen LogP contribution >= 0.6 is 0 Å². The standard InChI is InChI=1S/C25H28N4O4/c1-3-22(30)26-19-9-7-8-18(16-19)23-27-24(33-28-23)17-12-14-29(15-13-17)25(31)20-10-5-6-11-21(20)32-4-2/h5-11,16-17H,3-4,12-15H2,1-2H3,(H,26,30). The Morgan fingerprint density at radius 1 is 1.12 bits per heavy atom. The summed E-state index contributed by atoms with van der Waals surface area (Å²) in [7, 11) is 0. The number of hydrogen-bond donors (Lipinski definition) is 1. The second kappa shape index (κ2) is 10.3. The number of nitrogens with one attached hydrogen (secondary N) is 1. The minimum absolute atomic E-state index is 0.0188. The number of para-hydroxylation sites is 1. The van der Waals surface area contributed by atoms with Gasteiger partial charge in [-0.3, -0.25) is 9.59 Å². The van der Waals surface area contributed by atoms with Crippen molar-refractivity contribution in [2.24, 2.45) is 0 Å². The molecule has 0 unspecified atom stereocenters. The Hall–Kier alpha value is -3.68. The monoisotopic (exact) mass is 448 g/mol. The Balaban J connectivity index is 1.40. The van der Waals surface area contributed by atoms with Crippen LogP contribution in [0.3, 0.4) is 0 Å². The fourth-order valence-electron chi connectivity index (χ4n) is 3.93. The molecule has 172 valence electrons. The van der Waals surface area contributed by atoms with Gasteiger partial charge in [-0.2, -0.15) is 4.98 Å². The van der Waals surface area contributed by atoms with Gasteiger partial charge in [0, 0.05) is 36.7 Å². The van der Waals surface area contributed by atoms with Crippen LogP contribution < -0.4 is 10.1 Å². The summed E-state index contributed by atoms with van der Waals surface area (Å²) in [6.45, 7) is 5.45. The van der Waals surface area contributed by atoms with Crippen LogP contribution in [0.2, 0.25) is 0 Å². The van der Waals surface area contributed by atoms with Gasteiger partial charge in [-0.15, -0.1) is 0 Å². The van der Waals surface area contributed by atoms with Crippen LogP contribution in [0.4, 0.5) is 5.69 Å². The average molecular weight is 449 g/mol. The van der Waals surface area contributed by atoms with Gasteiger partial charge in [0.05, 0.1) is 12.2 Å². The van der Waals surface area contributed by atoms with Crippen molar-refractivity contribution >= 4 is 17.5 Å². The van der Waals surface area contributed by atoms with Gasteiger partial charge in [0.25, 0.3) is 5.91 Å². The van der Waals surface area contributed by atoms with E-state index in [1.807, 2.05) is 54.3 Å². The molecule has 8 nitrogen and oxygen atoms in total. The number of likely N-dealkylation sites (tertiary alicyclic amines) is 1. The highest BCUT2D eigenvalue weighted by molar-refractivity contribution is 5.97. The number of aromatic nitrogens is 2. The van der Waals surface area contributed by atoms with Gasteiger partial charge in [0.1, 0.15) is 5.75 Å². The molecule has 1 aliphatic rings. The Labute approximate surface area is 192 Å². The van der Waals surface area contributed by atoms with Crippen molar-refractivity contribution < 1.29 is 18.8 Å². The van der Waals surface area contributed by atoms with E-state index in [4.69, 9.17) is 9.26 Å². The van der Waals surface area contributed by atoms with E-state index >= 15 is 0 Å². The molecular formula is C25H28N4O4. The van der Waals surface area contributed by atoms with Gasteiger partial charge in [0.2, 0.25) is 17.6 Å². The Morgan fingerprint density at radius 3 is 2.67 bits per heavy atom. The zero-order valence-electron chi connectivity index (χ0n) is 18.9. The van der Waals surface area contributed by atoms with Crippen molar-refractivity contribution in [1.29, 1.82) is 0 Å². The number of anilines is 1. The van der Waals surface area contributed by atoms with E-state index in [-0.39, 0.29) is 17.7 Å². The van der Waals surface area contributed by atoms with Crippen molar-refractivity contribution in [3.63, 3.8) is 0 Å². The van der Waals surface area contributed by atoms with E-state index in [2.05, 4.69) is 15.5 Å². The number of rotatable bonds is 7. The molecule has 3 aromatic rings. The number of nitrogens with zero attached hydrogens (tertiary/aromatic N) is 3. The van der Waals surface area contributed by atoms with Crippen molar-refractivity contribution in [3.05, 3.63) is 60.0 Å². The summed E-state index contributed by atoms with van der Waals surface area (Å²) >= 11 is 0. The smallest absolute Gasteiger partial charge is 0.257 e. The number of piperidine rings is 1. The van der Waals surface area contributed by atoms with E-state index < -0.39 is 0 Å². The van der Waals surface area contributed by atoms with Crippen LogP contribution in [0.25, 0.3) is 11.4 Å². The normalized spacial score (nSPS) is 14.2. The fraction of sp³-hybridized carbons (Fsp3) is 0.360. The summed E-state index contributed by atoms with van der Waals surface area (Å²) in [5.41, 5.74) is 2.07. The molecule has 2 heterocycles. The third-order valence-electron chi connectivity index (χ3n) is 5.72. The third-order valence-corrected chi connectivity index (χ3v) is 5.72. The number of carbonyl (C=O) groups excluding carboxylic acids is 2. The summed E-state index contributed by atoms with van der Waals surface area (Å²) in [5, 5.41) is 6.98. The minimum Gasteiger partial charge on any atom is -0.493 e. The maximum absolute atomic E-state index is 13.0. The van der Waals surface area contributed by atoms with E-state index in [9.17, 15) is 9.59 Å². The molecule has 1 N–H and O–H groups in total. The van der Waals surface area contributed by atoms with Crippen LogP contribution in [0.1, 0.15) is 55.3 Å². The SMILES string of the molecule is CCOc1ccccc1C(=O)N1CCC(c2nc(-c3cccc(NC(=O)CC)c3)no2)CC1. The summed E-state index contributed by atoms with van der Waals surface area (Å²) in [6.07, 6.45) is 1.91. The summed E-state index contributed by atoms with van der Waals surface area (Å²) in [6, 6.07) is 14.7. The third kappa shape index (κ3) is 5.22. The molecule has 1 fully saturated rings. The van der Waals surface area contributed by atoms with Gasteiger partial charge in [-0.05, 0) is 44.0 Å². The van der Waals surface area contributed by atoms with Crippen LogP contribution in [0.15, 0.2) is 53.1 Å². The molecule has 1 aliphatic heterocycles. The molecule has 33 heavy (non-hydrogen) atoms. The number of amides is 2. The lowest BCUT2D eigenvalue weighted by atomic mass is 9.96. The van der Waals surface area contributed by atoms with Crippen LogP contribution in [-0.4, -0.2) is 46.6 Å². The largest absolute Gasteiger partial charge is 0.493 e. The van der Waals surface area contributed by atoms with Gasteiger partial charge in [0.15, 0.2) is 0 Å². The molecule has 2 aromatic carbocycles. The predicted octanol–water partition coefficient (Wildman–Crippen LogP) is 4.50. The lowest BCUT2D eigenvalue weighted by Gasteiger charge is -2.30. The van der Waals surface area contributed by atoms with Crippen molar-refractivity contribution in [3.8, 4) is 17.1 Å². The number of ether oxygens (including phenoxy) is 1. The fourth-order valence-corrected chi connectivity index (χ4v) is 3.93. The molecule has 2 amide bonds. The maximum atomic E-state index is 13.0. The maximum Gasteiger partial charge on any atom is 0.257 e. The first-order valence-corrected chi connectivity index (χ1v) is 11.3. The van der Waals surface area contributed by atoms with E-state index in [0.717, 1.165) is 18.4 Å². The van der Waals surface area contributed by atoms with Gasteiger partial charge >= 0.3 is 0 Å². The Morgan fingerprint density at radius 2 is 1.91 bits per heavy atom. The molecule has 1 aromatic heterocycles. The first-order chi connectivity index (χ1) is 16.1. The topological polar surface area (TPSA) is 97.6 Å². The lowest BCUT2D eigenvalue weighted by molar-refractivity contribution is -0.115. The average Bonchev–Trinajstić information content (AvgIpc) is 3.35. The van der Waals surface area contributed by atoms with Gasteiger partial charge < -0.3 is 19.5 Å². The first kappa shape index (κ1) is 22.5. The zero-order chi connectivity index (χ0) is 23.2. The van der Waals surface area contributed by atoms with Gasteiger partial charge in [-0.25, -0.2) is 0 Å². The van der Waals surface area contributed by atoms with E-state index in [0.29, 0.717) is 54.8 Å². The number of hydrogen-bond acceptors (Lipinski definition) is 6. The van der Waals surface area contributed by atoms with Crippen LogP contribution in [0.5, 0.6) is 5.75 Å². The molecule has 0 radical (unpaired) electrons. The van der Waals surface area contributed by atoms with Crippen molar-refractivity contribution in [2.75, 3.05) is 25.0 Å². The number of benzene rings is 2. The minimum atomic E-state index is -0.0499. The number of carbonyl (C=O) groups is 2. The highest BCUT2D eigenvalue weighted by atomic mass is 16.5. The van der Waals surface area contributed by atoms with Crippen molar-refractivity contribution in [1.82, 2.24) is 15.0 Å². The Bertz CT molecular complexity index is 1120. The van der Waals surface area contributed by atoms with E-state index in [1.165, 1.54) is 0 Å². The second-order valence-electron chi connectivity index (χ2n) is 7.93. The summed E-state index contributed by atoms with van der Waals surface area (Å²) in [5.74, 6) is 1.71. The summed E-state index contributed by atoms with van der Waals surface area (Å²) in [4.78, 5) is 31.1. The zero-order valence-corrected chi connectivity index (χ0v) is 18.9. The molecule has 0 atom stereocenters. The molecule has 1 saturated heterocycles. The second-order valence-corrected chi connectivity index (χ2v) is 7.93. The molecule has 0 spiro atoms. The van der Waals surface area contributed by atoms with Gasteiger partial charge in [-0.1, -0.05) is 36.3 Å². The van der Waals surface area contributed by atoms with E-state index in [1.54, 1.807) is 13.0 Å². The van der Waals surface area contributed by atoms with Crippen molar-refractivity contribution in [2.45, 2.75) is 39.0 Å². The highest BCUT2D eigenvalue weighted by Gasteiger charge is 2.29. The van der Waals surface area contributed by atoms with Crippen LogP contribution in [-0.2, 0) is 4.79 Å². The molecule has 0 saturated carbocycles. The first-order valence-electron chi connectivity index (χ1n) is 11.3. The lowest BCUT2D eigenvalue weighted by Crippen LogP contribution is -2.38. The molecular weight excluding hydrogens is 420 g/mol. The molecule has 8 heteroatoms. The molecule has 4 rings (SSSR count). The molecule has 0 bridgehead atoms. The highest BCUT2D eigenvalue weighted by Crippen LogP contribution is 2.30.